The Bertz CT molecular complexity index is 470. The largest absolute Gasteiger partial charge is 0.497 e. The Kier molecular flexibility index (Phi) is 2.37. The van der Waals surface area contributed by atoms with E-state index in [1.54, 1.807) is 13.2 Å². The lowest BCUT2D eigenvalue weighted by Crippen LogP contribution is -2.35. The minimum absolute atomic E-state index is 0.287. The molecule has 0 unspecified atom stereocenters. The molecule has 0 saturated heterocycles. The third kappa shape index (κ3) is 1.83. The summed E-state index contributed by atoms with van der Waals surface area (Å²) in [5.41, 5.74) is 0. The Hall–Kier alpha value is -0.800. The van der Waals surface area contributed by atoms with Crippen LogP contribution < -0.4 is 15.5 Å². The highest BCUT2D eigenvalue weighted by Crippen LogP contribution is 2.22. The van der Waals surface area contributed by atoms with Gasteiger partial charge in [-0.1, -0.05) is 23.2 Å². The molecular weight excluding hydrogens is 223 g/mol. The second kappa shape index (κ2) is 3.41. The van der Waals surface area contributed by atoms with Crippen molar-refractivity contribution in [3.05, 3.63) is 28.9 Å². The highest BCUT2D eigenvalue weighted by Gasteiger charge is 2.23. The van der Waals surface area contributed by atoms with Gasteiger partial charge in [-0.2, -0.15) is 0 Å². The topological polar surface area (TPSA) is 34.0 Å². The van der Waals surface area contributed by atoms with Crippen molar-refractivity contribution < 1.29 is 4.74 Å². The fraction of sp³-hybridized carbons (Fsp3) is 0.333. The molecule has 0 amide bonds. The predicted molar refractivity (Wildman–Crippen MR) is 54.6 cm³/mol. The Morgan fingerprint density at radius 2 is 2.14 bits per heavy atom. The molecule has 0 aliphatic carbocycles. The second-order valence-corrected chi connectivity index (χ2v) is 4.39. The van der Waals surface area contributed by atoms with E-state index in [2.05, 4.69) is 9.98 Å². The van der Waals surface area contributed by atoms with Crippen molar-refractivity contribution in [2.45, 2.75) is 4.46 Å². The molecule has 1 aromatic carbocycles. The van der Waals surface area contributed by atoms with Gasteiger partial charge in [-0.15, -0.1) is 0 Å². The molecule has 5 heteroatoms. The summed E-state index contributed by atoms with van der Waals surface area (Å²) < 4.78 is 3.92. The third-order valence-electron chi connectivity index (χ3n) is 1.91. The number of fused-ring (bicyclic) bond motifs is 1. The smallest absolute Gasteiger partial charge is 0.227 e. The van der Waals surface area contributed by atoms with Gasteiger partial charge in [0.1, 0.15) is 5.75 Å². The van der Waals surface area contributed by atoms with E-state index in [0.29, 0.717) is 11.1 Å². The van der Waals surface area contributed by atoms with Gasteiger partial charge in [0.05, 0.1) is 24.4 Å². The number of rotatable bonds is 1. The van der Waals surface area contributed by atoms with Crippen LogP contribution >= 0.6 is 23.2 Å². The van der Waals surface area contributed by atoms with Gasteiger partial charge < -0.3 is 4.74 Å². The zero-order valence-corrected chi connectivity index (χ0v) is 9.01. The third-order valence-corrected chi connectivity index (χ3v) is 2.31. The number of benzene rings is 1. The lowest BCUT2D eigenvalue weighted by atomic mass is 10.3. The quantitative estimate of drug-likeness (QED) is 0.526. The zero-order valence-electron chi connectivity index (χ0n) is 7.50. The van der Waals surface area contributed by atoms with Crippen LogP contribution in [0.2, 0.25) is 0 Å². The van der Waals surface area contributed by atoms with Gasteiger partial charge >= 0.3 is 0 Å². The monoisotopic (exact) mass is 230 g/mol. The number of methoxy groups -OCH3 is 1. The number of alkyl halides is 2. The Labute approximate surface area is 91.0 Å². The second-order valence-electron chi connectivity index (χ2n) is 2.95. The van der Waals surface area contributed by atoms with Crippen molar-refractivity contribution in [2.75, 3.05) is 13.7 Å². The highest BCUT2D eigenvalue weighted by atomic mass is 35.5. The average molecular weight is 231 g/mol. The molecule has 14 heavy (non-hydrogen) atoms. The van der Waals surface area contributed by atoms with Gasteiger partial charge in [-0.3, -0.25) is 4.99 Å². The summed E-state index contributed by atoms with van der Waals surface area (Å²) in [5, 5.41) is 1.46. The summed E-state index contributed by atoms with van der Waals surface area (Å²) in [4.78, 5) is 8.35. The van der Waals surface area contributed by atoms with Crippen molar-refractivity contribution in [2.24, 2.45) is 9.98 Å². The lowest BCUT2D eigenvalue weighted by molar-refractivity contribution is 0.413. The number of hydrogen-bond acceptors (Lipinski definition) is 3. The number of ether oxygens (including phenoxy) is 1. The predicted octanol–water partition coefficient (Wildman–Crippen LogP) is 1.08. The average Bonchev–Trinajstić information content (AvgIpc) is 2.15. The standard InChI is InChI=1S/C9H8Cl2N2O/c1-14-6-2-3-7-8(4-6)13-9(10,11)5-12-7/h2-4H,5H2,1H3. The molecule has 0 radical (unpaired) electrons. The summed E-state index contributed by atoms with van der Waals surface area (Å²) in [6.45, 7) is 0.287. The molecule has 0 spiro atoms. The molecule has 0 atom stereocenters. The Morgan fingerprint density at radius 1 is 1.36 bits per heavy atom. The first-order valence-corrected chi connectivity index (χ1v) is 4.82. The Balaban J connectivity index is 2.64. The maximum atomic E-state index is 5.86. The van der Waals surface area contributed by atoms with E-state index in [9.17, 15) is 0 Å². The normalized spacial score (nSPS) is 17.6. The van der Waals surface area contributed by atoms with Gasteiger partial charge in [0.2, 0.25) is 4.46 Å². The van der Waals surface area contributed by atoms with Crippen LogP contribution in [0.15, 0.2) is 28.2 Å². The summed E-state index contributed by atoms with van der Waals surface area (Å²) in [5.74, 6) is 0.716. The van der Waals surface area contributed by atoms with E-state index < -0.39 is 4.46 Å². The number of nitrogens with zero attached hydrogens (tertiary/aromatic N) is 2. The maximum absolute atomic E-state index is 5.86. The molecule has 0 N–H and O–H groups in total. The summed E-state index contributed by atoms with van der Waals surface area (Å²) >= 11 is 11.7. The van der Waals surface area contributed by atoms with Gasteiger partial charge in [0.25, 0.3) is 0 Å². The van der Waals surface area contributed by atoms with Gasteiger partial charge in [0.15, 0.2) is 0 Å². The molecule has 74 valence electrons. The molecule has 1 aliphatic rings. The van der Waals surface area contributed by atoms with Crippen molar-refractivity contribution in [1.29, 1.82) is 0 Å². The summed E-state index contributed by atoms with van der Waals surface area (Å²) in [6.07, 6.45) is 0. The van der Waals surface area contributed by atoms with Crippen LogP contribution in [0.3, 0.4) is 0 Å². The van der Waals surface area contributed by atoms with E-state index in [1.807, 2.05) is 12.1 Å². The van der Waals surface area contributed by atoms with E-state index in [4.69, 9.17) is 27.9 Å². The minimum Gasteiger partial charge on any atom is -0.497 e. The number of hydrogen-bond donors (Lipinski definition) is 0. The molecule has 2 rings (SSSR count). The first-order valence-electron chi connectivity index (χ1n) is 4.07. The number of halogens is 2. The van der Waals surface area contributed by atoms with E-state index in [-0.39, 0.29) is 6.54 Å². The van der Waals surface area contributed by atoms with Crippen molar-refractivity contribution in [3.8, 4) is 5.75 Å². The van der Waals surface area contributed by atoms with Crippen LogP contribution in [0.4, 0.5) is 0 Å². The molecule has 0 saturated carbocycles. The van der Waals surface area contributed by atoms with Crippen molar-refractivity contribution >= 4 is 23.2 Å². The maximum Gasteiger partial charge on any atom is 0.227 e. The van der Waals surface area contributed by atoms with Gasteiger partial charge in [-0.05, 0) is 12.1 Å². The van der Waals surface area contributed by atoms with E-state index >= 15 is 0 Å². The van der Waals surface area contributed by atoms with Crippen LogP contribution in [0.1, 0.15) is 0 Å². The molecule has 3 nitrogen and oxygen atoms in total. The highest BCUT2D eigenvalue weighted by molar-refractivity contribution is 6.48. The SMILES string of the molecule is COc1ccc2c(c1)=NC(Cl)(Cl)CN=2. The molecule has 1 heterocycles. The molecule has 0 aromatic heterocycles. The van der Waals surface area contributed by atoms with E-state index in [0.717, 1.165) is 5.36 Å². The van der Waals surface area contributed by atoms with E-state index in [1.165, 1.54) is 0 Å². The first kappa shape index (κ1) is 9.74. The van der Waals surface area contributed by atoms with Crippen LogP contribution in [0.5, 0.6) is 5.75 Å². The van der Waals surface area contributed by atoms with Gasteiger partial charge in [0, 0.05) is 6.07 Å². The van der Waals surface area contributed by atoms with Crippen LogP contribution in [-0.4, -0.2) is 18.1 Å². The molecule has 0 bridgehead atoms. The van der Waals surface area contributed by atoms with Crippen LogP contribution in [0, 0.1) is 0 Å². The van der Waals surface area contributed by atoms with Crippen molar-refractivity contribution in [1.82, 2.24) is 0 Å². The fourth-order valence-corrected chi connectivity index (χ4v) is 1.55. The molecule has 0 fully saturated rings. The van der Waals surface area contributed by atoms with Crippen LogP contribution in [-0.2, 0) is 0 Å². The first-order chi connectivity index (χ1) is 6.61. The Morgan fingerprint density at radius 3 is 2.86 bits per heavy atom. The fourth-order valence-electron chi connectivity index (χ4n) is 1.25. The molecule has 1 aliphatic heterocycles. The molecular formula is C9H8Cl2N2O. The lowest BCUT2D eigenvalue weighted by Gasteiger charge is -2.14. The zero-order chi connectivity index (χ0) is 10.2. The van der Waals surface area contributed by atoms with Crippen LogP contribution in [0.25, 0.3) is 0 Å². The minimum atomic E-state index is -1.14. The van der Waals surface area contributed by atoms with Gasteiger partial charge in [-0.25, -0.2) is 4.99 Å². The van der Waals surface area contributed by atoms with Crippen molar-refractivity contribution in [3.63, 3.8) is 0 Å². The summed E-state index contributed by atoms with van der Waals surface area (Å²) in [6, 6.07) is 5.42. The molecule has 1 aromatic rings. The summed E-state index contributed by atoms with van der Waals surface area (Å²) in [7, 11) is 1.59.